The van der Waals surface area contributed by atoms with E-state index in [1.807, 2.05) is 13.2 Å². The molecule has 2 rings (SSSR count). The van der Waals surface area contributed by atoms with Crippen LogP contribution >= 0.6 is 0 Å². The first-order valence-corrected chi connectivity index (χ1v) is 5.08. The number of likely N-dealkylation sites (N-methyl/N-ethyl adjacent to an activating group) is 1. The van der Waals surface area contributed by atoms with Crippen LogP contribution in [0.25, 0.3) is 0 Å². The lowest BCUT2D eigenvalue weighted by Gasteiger charge is -2.33. The van der Waals surface area contributed by atoms with Crippen LogP contribution in [0.4, 0.5) is 5.82 Å². The Hall–Kier alpha value is -1.16. The van der Waals surface area contributed by atoms with Crippen molar-refractivity contribution in [3.63, 3.8) is 0 Å². The number of aromatic nitrogens is 2. The quantitative estimate of drug-likeness (QED) is 0.747. The van der Waals surface area contributed by atoms with E-state index in [0.29, 0.717) is 6.04 Å². The SMILES string of the molecule is CN[C@H]1CCCN(c2cnccn2)C1. The van der Waals surface area contributed by atoms with Crippen molar-refractivity contribution in [2.75, 3.05) is 25.0 Å². The first kappa shape index (κ1) is 9.40. The molecule has 76 valence electrons. The van der Waals surface area contributed by atoms with Gasteiger partial charge in [0.25, 0.3) is 0 Å². The second kappa shape index (κ2) is 4.37. The Balaban J connectivity index is 2.04. The number of nitrogens with one attached hydrogen (secondary N) is 1. The van der Waals surface area contributed by atoms with Crippen molar-refractivity contribution >= 4 is 5.82 Å². The lowest BCUT2D eigenvalue weighted by Crippen LogP contribution is -2.44. The standard InChI is InChI=1S/C10H16N4/c1-11-9-3-2-6-14(8-9)10-7-12-4-5-13-10/h4-5,7,9,11H,2-3,6,8H2,1H3/t9-/m0/s1. The molecule has 14 heavy (non-hydrogen) atoms. The molecule has 0 aromatic carbocycles. The summed E-state index contributed by atoms with van der Waals surface area (Å²) < 4.78 is 0. The highest BCUT2D eigenvalue weighted by Crippen LogP contribution is 2.15. The van der Waals surface area contributed by atoms with Crippen molar-refractivity contribution in [3.8, 4) is 0 Å². The Morgan fingerprint density at radius 2 is 2.43 bits per heavy atom. The molecule has 0 saturated carbocycles. The molecule has 1 N–H and O–H groups in total. The minimum absolute atomic E-state index is 0.589. The van der Waals surface area contributed by atoms with E-state index in [1.54, 1.807) is 12.4 Å². The number of hydrogen-bond donors (Lipinski definition) is 1. The summed E-state index contributed by atoms with van der Waals surface area (Å²) >= 11 is 0. The number of hydrogen-bond acceptors (Lipinski definition) is 4. The predicted molar refractivity (Wildman–Crippen MR) is 56.3 cm³/mol. The van der Waals surface area contributed by atoms with Crippen molar-refractivity contribution in [1.82, 2.24) is 15.3 Å². The molecule has 0 amide bonds. The molecule has 1 fully saturated rings. The van der Waals surface area contributed by atoms with E-state index in [-0.39, 0.29) is 0 Å². The molecule has 1 aromatic heterocycles. The van der Waals surface area contributed by atoms with Crippen molar-refractivity contribution in [3.05, 3.63) is 18.6 Å². The van der Waals surface area contributed by atoms with Crippen molar-refractivity contribution in [1.29, 1.82) is 0 Å². The fourth-order valence-corrected chi connectivity index (χ4v) is 1.88. The molecule has 0 radical (unpaired) electrons. The van der Waals surface area contributed by atoms with Crippen LogP contribution in [-0.2, 0) is 0 Å². The second-order valence-electron chi connectivity index (χ2n) is 3.64. The average molecular weight is 192 g/mol. The molecule has 1 aromatic rings. The van der Waals surface area contributed by atoms with Gasteiger partial charge in [0.2, 0.25) is 0 Å². The number of rotatable bonds is 2. The molecule has 2 heterocycles. The maximum Gasteiger partial charge on any atom is 0.147 e. The molecular weight excluding hydrogens is 176 g/mol. The molecule has 0 aliphatic carbocycles. The maximum atomic E-state index is 4.31. The number of nitrogens with zero attached hydrogens (tertiary/aromatic N) is 3. The number of piperidine rings is 1. The van der Waals surface area contributed by atoms with Gasteiger partial charge in [-0.25, -0.2) is 4.98 Å². The van der Waals surface area contributed by atoms with E-state index in [9.17, 15) is 0 Å². The zero-order valence-corrected chi connectivity index (χ0v) is 8.48. The van der Waals surface area contributed by atoms with Crippen LogP contribution in [0.15, 0.2) is 18.6 Å². The van der Waals surface area contributed by atoms with Gasteiger partial charge in [-0.1, -0.05) is 0 Å². The minimum Gasteiger partial charge on any atom is -0.354 e. The molecule has 1 aliphatic heterocycles. The minimum atomic E-state index is 0.589. The molecule has 0 bridgehead atoms. The van der Waals surface area contributed by atoms with Crippen LogP contribution in [-0.4, -0.2) is 36.1 Å². The molecule has 4 heteroatoms. The van der Waals surface area contributed by atoms with E-state index in [4.69, 9.17) is 0 Å². The lowest BCUT2D eigenvalue weighted by atomic mass is 10.1. The van der Waals surface area contributed by atoms with E-state index in [0.717, 1.165) is 18.9 Å². The van der Waals surface area contributed by atoms with Crippen LogP contribution in [0.1, 0.15) is 12.8 Å². The van der Waals surface area contributed by atoms with Crippen LogP contribution < -0.4 is 10.2 Å². The van der Waals surface area contributed by atoms with Gasteiger partial charge in [0.15, 0.2) is 0 Å². The zero-order valence-electron chi connectivity index (χ0n) is 8.48. The van der Waals surface area contributed by atoms with Crippen LogP contribution in [0.3, 0.4) is 0 Å². The van der Waals surface area contributed by atoms with Crippen LogP contribution in [0.5, 0.6) is 0 Å². The maximum absolute atomic E-state index is 4.31. The van der Waals surface area contributed by atoms with E-state index >= 15 is 0 Å². The van der Waals surface area contributed by atoms with Crippen molar-refractivity contribution < 1.29 is 0 Å². The third-order valence-electron chi connectivity index (χ3n) is 2.70. The summed E-state index contributed by atoms with van der Waals surface area (Å²) in [5.41, 5.74) is 0. The van der Waals surface area contributed by atoms with Gasteiger partial charge >= 0.3 is 0 Å². The first-order valence-electron chi connectivity index (χ1n) is 5.08. The van der Waals surface area contributed by atoms with Gasteiger partial charge in [0.1, 0.15) is 5.82 Å². The first-order chi connectivity index (χ1) is 6.90. The Labute approximate surface area is 84.4 Å². The van der Waals surface area contributed by atoms with Gasteiger partial charge in [-0.05, 0) is 19.9 Å². The molecule has 1 atom stereocenters. The Bertz CT molecular complexity index is 275. The van der Waals surface area contributed by atoms with E-state index < -0.39 is 0 Å². The molecule has 1 saturated heterocycles. The Kier molecular flexibility index (Phi) is 2.93. The lowest BCUT2D eigenvalue weighted by molar-refractivity contribution is 0.447. The molecule has 0 unspecified atom stereocenters. The topological polar surface area (TPSA) is 41.0 Å². The van der Waals surface area contributed by atoms with Gasteiger partial charge < -0.3 is 10.2 Å². The third kappa shape index (κ3) is 2.01. The Morgan fingerprint density at radius 3 is 3.14 bits per heavy atom. The van der Waals surface area contributed by atoms with Crippen molar-refractivity contribution in [2.24, 2.45) is 0 Å². The van der Waals surface area contributed by atoms with Gasteiger partial charge in [-0.3, -0.25) is 4.98 Å². The zero-order chi connectivity index (χ0) is 9.80. The number of anilines is 1. The molecule has 0 spiro atoms. The fourth-order valence-electron chi connectivity index (χ4n) is 1.88. The summed E-state index contributed by atoms with van der Waals surface area (Å²) in [6.07, 6.45) is 7.77. The van der Waals surface area contributed by atoms with Crippen molar-refractivity contribution in [2.45, 2.75) is 18.9 Å². The third-order valence-corrected chi connectivity index (χ3v) is 2.70. The van der Waals surface area contributed by atoms with E-state index in [1.165, 1.54) is 12.8 Å². The van der Waals surface area contributed by atoms with Gasteiger partial charge in [0.05, 0.1) is 6.20 Å². The highest BCUT2D eigenvalue weighted by Gasteiger charge is 2.19. The van der Waals surface area contributed by atoms with E-state index in [2.05, 4.69) is 20.2 Å². The smallest absolute Gasteiger partial charge is 0.147 e. The van der Waals surface area contributed by atoms with Gasteiger partial charge in [-0.15, -0.1) is 0 Å². The van der Waals surface area contributed by atoms with Gasteiger partial charge in [0, 0.05) is 31.5 Å². The second-order valence-corrected chi connectivity index (χ2v) is 3.64. The summed E-state index contributed by atoms with van der Waals surface area (Å²) in [6, 6.07) is 0.589. The highest BCUT2D eigenvalue weighted by atomic mass is 15.2. The molecule has 1 aliphatic rings. The van der Waals surface area contributed by atoms with Gasteiger partial charge in [-0.2, -0.15) is 0 Å². The summed E-state index contributed by atoms with van der Waals surface area (Å²) in [7, 11) is 2.02. The van der Waals surface area contributed by atoms with Crippen LogP contribution in [0.2, 0.25) is 0 Å². The fraction of sp³-hybridized carbons (Fsp3) is 0.600. The summed E-state index contributed by atoms with van der Waals surface area (Å²) in [5.74, 6) is 0.993. The highest BCUT2D eigenvalue weighted by molar-refractivity contribution is 5.35. The average Bonchev–Trinajstić information content (AvgIpc) is 2.30. The molecule has 4 nitrogen and oxygen atoms in total. The Morgan fingerprint density at radius 1 is 1.50 bits per heavy atom. The summed E-state index contributed by atoms with van der Waals surface area (Å²) in [4.78, 5) is 10.7. The largest absolute Gasteiger partial charge is 0.354 e. The predicted octanol–water partition coefficient (Wildman–Crippen LogP) is 0.665. The summed E-state index contributed by atoms with van der Waals surface area (Å²) in [5, 5.41) is 3.31. The van der Waals surface area contributed by atoms with Crippen LogP contribution in [0, 0.1) is 0 Å². The molecular formula is C10H16N4. The monoisotopic (exact) mass is 192 g/mol. The summed E-state index contributed by atoms with van der Waals surface area (Å²) in [6.45, 7) is 2.13. The normalized spacial score (nSPS) is 22.4.